The Bertz CT molecular complexity index is 1170. The molecule has 9 atom stereocenters. The third-order valence-corrected chi connectivity index (χ3v) is 6.41. The van der Waals surface area contributed by atoms with E-state index in [0.29, 0.717) is 5.56 Å². The van der Waals surface area contributed by atoms with Gasteiger partial charge in [-0.2, -0.15) is 0 Å². The van der Waals surface area contributed by atoms with Crippen LogP contribution in [0.25, 0.3) is 6.08 Å². The van der Waals surface area contributed by atoms with E-state index < -0.39 is 98.5 Å². The van der Waals surface area contributed by atoms with Crippen molar-refractivity contribution >= 4 is 30.0 Å². The summed E-state index contributed by atoms with van der Waals surface area (Å²) in [6, 6.07) is 5.77. The van der Waals surface area contributed by atoms with Crippen LogP contribution in [-0.2, 0) is 52.3 Å². The van der Waals surface area contributed by atoms with Crippen molar-refractivity contribution in [3.63, 3.8) is 0 Å². The summed E-state index contributed by atoms with van der Waals surface area (Å²) in [4.78, 5) is 47.8. The molecule has 2 fully saturated rings. The number of phenols is 1. The van der Waals surface area contributed by atoms with Crippen molar-refractivity contribution in [1.82, 2.24) is 0 Å². The number of ether oxygens (including phenoxy) is 7. The fourth-order valence-electron chi connectivity index (χ4n) is 4.50. The number of aliphatic hydroxyl groups is 4. The molecule has 2 saturated heterocycles. The van der Waals surface area contributed by atoms with Crippen molar-refractivity contribution in [2.75, 3.05) is 19.8 Å². The average Bonchev–Trinajstić information content (AvgIpc) is 3.22. The fourth-order valence-corrected chi connectivity index (χ4v) is 4.50. The van der Waals surface area contributed by atoms with Crippen LogP contribution in [0.1, 0.15) is 26.3 Å². The van der Waals surface area contributed by atoms with Gasteiger partial charge in [0.2, 0.25) is 5.79 Å². The largest absolute Gasteiger partial charge is 0.508 e. The Balaban J connectivity index is 1.95. The number of carbonyl (C=O) groups is 4. The summed E-state index contributed by atoms with van der Waals surface area (Å²) in [6.07, 6.45) is -11.1. The van der Waals surface area contributed by atoms with Crippen LogP contribution in [0.2, 0.25) is 0 Å². The van der Waals surface area contributed by atoms with Gasteiger partial charge in [0.05, 0.1) is 6.61 Å². The summed E-state index contributed by atoms with van der Waals surface area (Å²) in [5, 5.41) is 51.5. The number of hydrogen-bond donors (Lipinski definition) is 5. The van der Waals surface area contributed by atoms with Crippen LogP contribution in [0.3, 0.4) is 0 Å². The molecule has 238 valence electrons. The Hall–Kier alpha value is -3.64. The molecule has 16 nitrogen and oxygen atoms in total. The first kappa shape index (κ1) is 33.9. The molecule has 0 radical (unpaired) electrons. The topological polar surface area (TPSA) is 234 Å². The van der Waals surface area contributed by atoms with Crippen LogP contribution in [0.15, 0.2) is 30.3 Å². The van der Waals surface area contributed by atoms with E-state index in [9.17, 15) is 44.7 Å². The predicted octanol–water partition coefficient (Wildman–Crippen LogP) is -1.71. The molecule has 0 aliphatic carbocycles. The lowest BCUT2D eigenvalue weighted by molar-refractivity contribution is -0.383. The quantitative estimate of drug-likeness (QED) is 0.106. The number of rotatable bonds is 11. The van der Waals surface area contributed by atoms with Gasteiger partial charge >= 0.3 is 23.9 Å². The van der Waals surface area contributed by atoms with Crippen molar-refractivity contribution in [2.24, 2.45) is 0 Å². The highest BCUT2D eigenvalue weighted by Crippen LogP contribution is 2.39. The van der Waals surface area contributed by atoms with Crippen LogP contribution in [0.4, 0.5) is 0 Å². The lowest BCUT2D eigenvalue weighted by Crippen LogP contribution is -2.64. The van der Waals surface area contributed by atoms with Gasteiger partial charge in [0, 0.05) is 26.8 Å². The molecule has 2 aliphatic heterocycles. The molecule has 1 aromatic rings. The molecule has 0 bridgehead atoms. The lowest BCUT2D eigenvalue weighted by Gasteiger charge is -2.44. The summed E-state index contributed by atoms with van der Waals surface area (Å²) >= 11 is 0. The Morgan fingerprint density at radius 2 is 1.51 bits per heavy atom. The maximum absolute atomic E-state index is 12.9. The molecule has 0 spiro atoms. The van der Waals surface area contributed by atoms with Crippen molar-refractivity contribution in [1.29, 1.82) is 0 Å². The van der Waals surface area contributed by atoms with E-state index in [4.69, 9.17) is 33.2 Å². The molecule has 16 heteroatoms. The molecule has 3 rings (SSSR count). The fraction of sp³-hybridized carbons (Fsp3) is 0.556. The molecule has 43 heavy (non-hydrogen) atoms. The summed E-state index contributed by atoms with van der Waals surface area (Å²) in [5.41, 5.74) is 0.500. The van der Waals surface area contributed by atoms with Crippen molar-refractivity contribution in [2.45, 2.75) is 75.6 Å². The minimum absolute atomic E-state index is 0.00217. The highest BCUT2D eigenvalue weighted by atomic mass is 16.8. The van der Waals surface area contributed by atoms with Gasteiger partial charge in [-0.1, -0.05) is 12.1 Å². The number of phenolic OH excluding ortho intramolecular Hbond substituents is 1. The summed E-state index contributed by atoms with van der Waals surface area (Å²) < 4.78 is 37.8. The molecule has 1 aromatic carbocycles. The van der Waals surface area contributed by atoms with Gasteiger partial charge < -0.3 is 58.7 Å². The van der Waals surface area contributed by atoms with Crippen LogP contribution in [-0.4, -0.2) is 124 Å². The first-order valence-electron chi connectivity index (χ1n) is 13.0. The van der Waals surface area contributed by atoms with Crippen molar-refractivity contribution in [3.05, 3.63) is 35.9 Å². The maximum Gasteiger partial charge on any atom is 0.331 e. The normalized spacial score (nSPS) is 32.3. The van der Waals surface area contributed by atoms with Gasteiger partial charge in [-0.25, -0.2) is 4.79 Å². The highest BCUT2D eigenvalue weighted by molar-refractivity contribution is 5.87. The molecular weight excluding hydrogens is 580 g/mol. The van der Waals surface area contributed by atoms with E-state index in [1.165, 1.54) is 30.3 Å². The molecular formula is C27H34O16. The van der Waals surface area contributed by atoms with Gasteiger partial charge in [-0.3, -0.25) is 14.4 Å². The standard InChI is InChI=1S/C27H34O16/c1-13(30)37-11-19-21(35)24(39-15(3)32)22(36)26(40-19)43-27(12-29)25(23(38-14(2)31)18(10-28)42-27)41-20(34)9-6-16-4-7-17(33)8-5-16/h4-9,18-19,21-26,28-29,33,35-36H,10-12H2,1-3H3. The third-order valence-electron chi connectivity index (χ3n) is 6.41. The van der Waals surface area contributed by atoms with E-state index in [0.717, 1.165) is 26.8 Å². The molecule has 2 aliphatic rings. The van der Waals surface area contributed by atoms with Crippen LogP contribution in [0, 0.1) is 0 Å². The average molecular weight is 615 g/mol. The number of aromatic hydroxyl groups is 1. The third kappa shape index (κ3) is 8.47. The molecule has 0 aromatic heterocycles. The lowest BCUT2D eigenvalue weighted by atomic mass is 9.98. The molecule has 0 saturated carbocycles. The molecule has 2 heterocycles. The van der Waals surface area contributed by atoms with Gasteiger partial charge in [0.25, 0.3) is 0 Å². The highest BCUT2D eigenvalue weighted by Gasteiger charge is 2.62. The minimum Gasteiger partial charge on any atom is -0.508 e. The second kappa shape index (κ2) is 14.7. The van der Waals surface area contributed by atoms with E-state index in [2.05, 4.69) is 0 Å². The number of benzene rings is 1. The van der Waals surface area contributed by atoms with Gasteiger partial charge in [0.15, 0.2) is 24.6 Å². The zero-order valence-electron chi connectivity index (χ0n) is 23.4. The number of esters is 4. The Morgan fingerprint density at radius 3 is 2.07 bits per heavy atom. The van der Waals surface area contributed by atoms with E-state index >= 15 is 0 Å². The first-order chi connectivity index (χ1) is 20.3. The molecule has 9 unspecified atom stereocenters. The zero-order chi connectivity index (χ0) is 31.9. The Kier molecular flexibility index (Phi) is 11.6. The summed E-state index contributed by atoms with van der Waals surface area (Å²) in [7, 11) is 0. The van der Waals surface area contributed by atoms with Crippen LogP contribution in [0.5, 0.6) is 5.75 Å². The number of carbonyl (C=O) groups excluding carboxylic acids is 4. The second-order valence-corrected chi connectivity index (χ2v) is 9.68. The summed E-state index contributed by atoms with van der Waals surface area (Å²) in [6.45, 7) is 0.646. The van der Waals surface area contributed by atoms with Gasteiger partial charge in [-0.05, 0) is 23.8 Å². The molecule has 5 N–H and O–H groups in total. The van der Waals surface area contributed by atoms with Gasteiger partial charge in [-0.15, -0.1) is 0 Å². The van der Waals surface area contributed by atoms with Crippen molar-refractivity contribution < 1.29 is 77.9 Å². The molecule has 0 amide bonds. The minimum atomic E-state index is -2.46. The van der Waals surface area contributed by atoms with Crippen LogP contribution >= 0.6 is 0 Å². The SMILES string of the molecule is CC(=O)OCC1OC(OC2(CO)OC(CO)C(OC(C)=O)C2OC(=O)C=Cc2ccc(O)cc2)C(O)C(OC(C)=O)C1O. The Labute approximate surface area is 245 Å². The van der Waals surface area contributed by atoms with Crippen molar-refractivity contribution in [3.8, 4) is 5.75 Å². The predicted molar refractivity (Wildman–Crippen MR) is 138 cm³/mol. The Morgan fingerprint density at radius 1 is 0.884 bits per heavy atom. The maximum atomic E-state index is 12.9. The smallest absolute Gasteiger partial charge is 0.331 e. The van der Waals surface area contributed by atoms with E-state index in [1.807, 2.05) is 0 Å². The van der Waals surface area contributed by atoms with E-state index in [1.54, 1.807) is 0 Å². The summed E-state index contributed by atoms with van der Waals surface area (Å²) in [5.74, 6) is -6.00. The van der Waals surface area contributed by atoms with Crippen LogP contribution < -0.4 is 0 Å². The van der Waals surface area contributed by atoms with Gasteiger partial charge in [0.1, 0.15) is 43.4 Å². The second-order valence-electron chi connectivity index (χ2n) is 9.68. The van der Waals surface area contributed by atoms with E-state index in [-0.39, 0.29) is 5.75 Å². The number of aliphatic hydroxyl groups excluding tert-OH is 4. The monoisotopic (exact) mass is 614 g/mol. The first-order valence-corrected chi connectivity index (χ1v) is 13.0. The number of hydrogen-bond acceptors (Lipinski definition) is 16. The zero-order valence-corrected chi connectivity index (χ0v) is 23.4.